The molecule has 0 aliphatic carbocycles. The van der Waals surface area contributed by atoms with Crippen LogP contribution in [0.15, 0.2) is 4.99 Å². The molecular weight excluding hydrogens is 443 g/mol. The molecule has 6 nitrogen and oxygen atoms in total. The van der Waals surface area contributed by atoms with E-state index in [0.29, 0.717) is 18.1 Å². The Balaban J connectivity index is 0.00000625. The van der Waals surface area contributed by atoms with Crippen molar-refractivity contribution in [3.05, 3.63) is 0 Å². The monoisotopic (exact) mass is 484 g/mol. The molecule has 0 amide bonds. The Morgan fingerprint density at radius 1 is 1.31 bits per heavy atom. The quantitative estimate of drug-likeness (QED) is 0.193. The third kappa shape index (κ3) is 12.3. The van der Waals surface area contributed by atoms with Gasteiger partial charge >= 0.3 is 0 Å². The Morgan fingerprint density at radius 2 is 2.08 bits per heavy atom. The summed E-state index contributed by atoms with van der Waals surface area (Å²) in [6.45, 7) is 11.6. The number of rotatable bonds is 12. The smallest absolute Gasteiger partial charge is 0.191 e. The van der Waals surface area contributed by atoms with Gasteiger partial charge in [-0.15, -0.1) is 24.0 Å². The second kappa shape index (κ2) is 15.9. The van der Waals surface area contributed by atoms with Crippen molar-refractivity contribution >= 4 is 29.9 Å². The summed E-state index contributed by atoms with van der Waals surface area (Å²) in [5.41, 5.74) is 0. The maximum Gasteiger partial charge on any atom is 0.191 e. The molecule has 0 aromatic rings. The van der Waals surface area contributed by atoms with Gasteiger partial charge in [0, 0.05) is 32.3 Å². The SMILES string of the molecule is CCNC(=NCC(CC(C)C)N(C)C)NCCCOCC1CCCO1.I. The van der Waals surface area contributed by atoms with Crippen molar-refractivity contribution in [1.82, 2.24) is 15.5 Å². The first-order valence-electron chi connectivity index (χ1n) is 9.90. The van der Waals surface area contributed by atoms with Crippen molar-refractivity contribution in [2.45, 2.75) is 58.6 Å². The highest BCUT2D eigenvalue weighted by atomic mass is 127. The third-order valence-corrected chi connectivity index (χ3v) is 4.36. The van der Waals surface area contributed by atoms with E-state index in [1.807, 2.05) is 0 Å². The van der Waals surface area contributed by atoms with E-state index in [-0.39, 0.29) is 24.0 Å². The van der Waals surface area contributed by atoms with Crippen LogP contribution < -0.4 is 10.6 Å². The van der Waals surface area contributed by atoms with E-state index in [0.717, 1.165) is 64.7 Å². The number of guanidine groups is 1. The van der Waals surface area contributed by atoms with Crippen LogP contribution in [0.2, 0.25) is 0 Å². The van der Waals surface area contributed by atoms with Gasteiger partial charge in [0.25, 0.3) is 0 Å². The van der Waals surface area contributed by atoms with Crippen molar-refractivity contribution < 1.29 is 9.47 Å². The Labute approximate surface area is 177 Å². The maximum absolute atomic E-state index is 5.70. The number of hydrogen-bond donors (Lipinski definition) is 2. The summed E-state index contributed by atoms with van der Waals surface area (Å²) < 4.78 is 11.3. The lowest BCUT2D eigenvalue weighted by Crippen LogP contribution is -2.40. The summed E-state index contributed by atoms with van der Waals surface area (Å²) >= 11 is 0. The molecule has 0 bridgehead atoms. The third-order valence-electron chi connectivity index (χ3n) is 4.36. The molecule has 0 radical (unpaired) electrons. The van der Waals surface area contributed by atoms with Gasteiger partial charge in [-0.05, 0) is 52.6 Å². The number of nitrogens with zero attached hydrogens (tertiary/aromatic N) is 2. The summed E-state index contributed by atoms with van der Waals surface area (Å²) in [6.07, 6.45) is 4.75. The van der Waals surface area contributed by atoms with Crippen molar-refractivity contribution in [3.8, 4) is 0 Å². The summed E-state index contributed by atoms with van der Waals surface area (Å²) in [5.74, 6) is 1.58. The van der Waals surface area contributed by atoms with Gasteiger partial charge in [0.2, 0.25) is 0 Å². The van der Waals surface area contributed by atoms with Gasteiger partial charge < -0.3 is 25.0 Å². The lowest BCUT2D eigenvalue weighted by Gasteiger charge is -2.24. The van der Waals surface area contributed by atoms with Gasteiger partial charge in [-0.25, -0.2) is 0 Å². The van der Waals surface area contributed by atoms with Crippen LogP contribution in [0.5, 0.6) is 0 Å². The number of halogens is 1. The number of nitrogens with one attached hydrogen (secondary N) is 2. The van der Waals surface area contributed by atoms with Crippen LogP contribution >= 0.6 is 24.0 Å². The van der Waals surface area contributed by atoms with Crippen molar-refractivity contribution in [1.29, 1.82) is 0 Å². The van der Waals surface area contributed by atoms with Gasteiger partial charge in [-0.2, -0.15) is 0 Å². The molecule has 1 fully saturated rings. The Kier molecular flexibility index (Phi) is 15.8. The normalized spacial score (nSPS) is 18.9. The van der Waals surface area contributed by atoms with Gasteiger partial charge in [-0.3, -0.25) is 4.99 Å². The van der Waals surface area contributed by atoms with E-state index in [4.69, 9.17) is 14.5 Å². The standard InChI is InChI=1S/C19H40N4O2.HI/c1-6-20-19(22-14-17(23(4)5)13-16(2)3)21-10-8-11-24-15-18-9-7-12-25-18;/h16-18H,6-15H2,1-5H3,(H2,20,21,22);1H. The van der Waals surface area contributed by atoms with E-state index >= 15 is 0 Å². The van der Waals surface area contributed by atoms with E-state index in [2.05, 4.69) is 50.4 Å². The van der Waals surface area contributed by atoms with Crippen molar-refractivity contribution in [2.75, 3.05) is 53.6 Å². The van der Waals surface area contributed by atoms with Gasteiger partial charge in [0.15, 0.2) is 5.96 Å². The number of hydrogen-bond acceptors (Lipinski definition) is 4. The molecular formula is C19H41IN4O2. The van der Waals surface area contributed by atoms with Crippen molar-refractivity contribution in [3.63, 3.8) is 0 Å². The van der Waals surface area contributed by atoms with Crippen LogP contribution in [0.25, 0.3) is 0 Å². The zero-order chi connectivity index (χ0) is 18.5. The van der Waals surface area contributed by atoms with E-state index < -0.39 is 0 Å². The second-order valence-corrected chi connectivity index (χ2v) is 7.46. The van der Waals surface area contributed by atoms with E-state index in [1.165, 1.54) is 6.42 Å². The molecule has 1 rings (SSSR count). The largest absolute Gasteiger partial charge is 0.379 e. The second-order valence-electron chi connectivity index (χ2n) is 7.46. The highest BCUT2D eigenvalue weighted by Crippen LogP contribution is 2.12. The molecule has 1 aliphatic heterocycles. The first-order chi connectivity index (χ1) is 12.0. The predicted molar refractivity (Wildman–Crippen MR) is 121 cm³/mol. The van der Waals surface area contributed by atoms with Crippen LogP contribution in [-0.2, 0) is 9.47 Å². The first kappa shape index (κ1) is 25.9. The Bertz CT molecular complexity index is 361. The molecule has 0 aromatic carbocycles. The molecule has 0 saturated carbocycles. The van der Waals surface area contributed by atoms with Crippen LogP contribution in [0.4, 0.5) is 0 Å². The fourth-order valence-corrected chi connectivity index (χ4v) is 2.90. The van der Waals surface area contributed by atoms with Crippen molar-refractivity contribution in [2.24, 2.45) is 10.9 Å². The number of likely N-dealkylation sites (N-methyl/N-ethyl adjacent to an activating group) is 1. The molecule has 26 heavy (non-hydrogen) atoms. The average molecular weight is 484 g/mol. The van der Waals surface area contributed by atoms with Gasteiger partial charge in [-0.1, -0.05) is 13.8 Å². The molecule has 1 saturated heterocycles. The summed E-state index contributed by atoms with van der Waals surface area (Å²) in [6, 6.07) is 0.477. The molecule has 7 heteroatoms. The Morgan fingerprint density at radius 3 is 2.65 bits per heavy atom. The van der Waals surface area contributed by atoms with Crippen LogP contribution in [0.1, 0.15) is 46.5 Å². The van der Waals surface area contributed by atoms with Crippen LogP contribution in [0.3, 0.4) is 0 Å². The molecule has 156 valence electrons. The Hall–Kier alpha value is -0.120. The predicted octanol–water partition coefficient (Wildman–Crippen LogP) is 2.72. The molecule has 2 unspecified atom stereocenters. The van der Waals surface area contributed by atoms with Gasteiger partial charge in [0.05, 0.1) is 19.3 Å². The van der Waals surface area contributed by atoms with Crippen LogP contribution in [-0.4, -0.2) is 76.6 Å². The fourth-order valence-electron chi connectivity index (χ4n) is 2.90. The minimum absolute atomic E-state index is 0. The highest BCUT2D eigenvalue weighted by molar-refractivity contribution is 14.0. The van der Waals surface area contributed by atoms with E-state index in [1.54, 1.807) is 0 Å². The van der Waals surface area contributed by atoms with E-state index in [9.17, 15) is 0 Å². The number of aliphatic imine (C=N–C) groups is 1. The fraction of sp³-hybridized carbons (Fsp3) is 0.947. The molecule has 1 heterocycles. The lowest BCUT2D eigenvalue weighted by atomic mass is 10.0. The zero-order valence-electron chi connectivity index (χ0n) is 17.4. The maximum atomic E-state index is 5.70. The highest BCUT2D eigenvalue weighted by Gasteiger charge is 2.15. The molecule has 0 spiro atoms. The summed E-state index contributed by atoms with van der Waals surface area (Å²) in [5, 5.41) is 6.73. The minimum Gasteiger partial charge on any atom is -0.379 e. The molecule has 2 atom stereocenters. The molecule has 0 aromatic heterocycles. The first-order valence-corrected chi connectivity index (χ1v) is 9.90. The van der Waals surface area contributed by atoms with Gasteiger partial charge in [0.1, 0.15) is 0 Å². The minimum atomic E-state index is 0. The number of ether oxygens (including phenoxy) is 2. The summed E-state index contributed by atoms with van der Waals surface area (Å²) in [7, 11) is 4.27. The molecule has 2 N–H and O–H groups in total. The topological polar surface area (TPSA) is 58.1 Å². The van der Waals surface area contributed by atoms with Crippen LogP contribution in [0, 0.1) is 5.92 Å². The molecule has 1 aliphatic rings. The average Bonchev–Trinajstić information content (AvgIpc) is 3.07. The zero-order valence-corrected chi connectivity index (χ0v) is 19.8. The lowest BCUT2D eigenvalue weighted by molar-refractivity contribution is 0.0168. The summed E-state index contributed by atoms with van der Waals surface area (Å²) in [4.78, 5) is 7.03.